The summed E-state index contributed by atoms with van der Waals surface area (Å²) in [7, 11) is 2.91. The van der Waals surface area contributed by atoms with Gasteiger partial charge in [0.25, 0.3) is 0 Å². The number of nitrogens with one attached hydrogen (secondary N) is 1. The minimum absolute atomic E-state index is 0.411. The molecule has 1 fully saturated rings. The maximum absolute atomic E-state index is 3.70. The van der Waals surface area contributed by atoms with E-state index in [1.807, 2.05) is 0 Å². The van der Waals surface area contributed by atoms with Crippen LogP contribution in [-0.2, 0) is 0 Å². The van der Waals surface area contributed by atoms with Crippen LogP contribution in [0, 0.1) is 0 Å². The first-order valence-electron chi connectivity index (χ1n) is 5.93. The van der Waals surface area contributed by atoms with Crippen LogP contribution in [0.1, 0.15) is 43.5 Å². The van der Waals surface area contributed by atoms with Gasteiger partial charge >= 0.3 is 0 Å². The van der Waals surface area contributed by atoms with Crippen LogP contribution in [0.2, 0.25) is 0 Å². The first kappa shape index (κ1) is 11.1. The molecule has 1 aromatic rings. The van der Waals surface area contributed by atoms with Gasteiger partial charge in [-0.05, 0) is 18.4 Å². The van der Waals surface area contributed by atoms with E-state index < -0.39 is 0 Å². The zero-order valence-electron chi connectivity index (χ0n) is 9.15. The number of rotatable bonds is 3. The van der Waals surface area contributed by atoms with Crippen molar-refractivity contribution in [2.45, 2.75) is 43.9 Å². The normalized spacial score (nSPS) is 20.1. The highest BCUT2D eigenvalue weighted by molar-refractivity contribution is 7.17. The zero-order valence-corrected chi connectivity index (χ0v) is 10.3. The third-order valence-corrected chi connectivity index (χ3v) is 3.76. The smallest absolute Gasteiger partial charge is 0.0465 e. The van der Waals surface area contributed by atoms with Crippen LogP contribution in [0.3, 0.4) is 0 Å². The van der Waals surface area contributed by atoms with Gasteiger partial charge in [-0.2, -0.15) is 0 Å². The largest absolute Gasteiger partial charge is 0.304 e. The Hall–Kier alpha value is -0.390. The van der Waals surface area contributed by atoms with Gasteiger partial charge in [-0.3, -0.25) is 0 Å². The van der Waals surface area contributed by atoms with Crippen molar-refractivity contribution < 1.29 is 0 Å². The lowest BCUT2D eigenvalue weighted by atomic mass is 9.95. The molecule has 0 bridgehead atoms. The van der Waals surface area contributed by atoms with E-state index in [2.05, 4.69) is 44.9 Å². The van der Waals surface area contributed by atoms with Crippen molar-refractivity contribution in [2.75, 3.05) is 0 Å². The molecular formula is C13H20NP. The van der Waals surface area contributed by atoms with Crippen LogP contribution >= 0.6 is 9.24 Å². The topological polar surface area (TPSA) is 12.0 Å². The molecule has 0 radical (unpaired) electrons. The van der Waals surface area contributed by atoms with Gasteiger partial charge in [-0.25, -0.2) is 0 Å². The fourth-order valence-corrected chi connectivity index (χ4v) is 2.77. The molecule has 1 nitrogen and oxygen atoms in total. The molecule has 1 aliphatic rings. The van der Waals surface area contributed by atoms with E-state index in [0.717, 1.165) is 6.04 Å². The summed E-state index contributed by atoms with van der Waals surface area (Å²) in [6.45, 7) is 0. The predicted molar refractivity (Wildman–Crippen MR) is 68.9 cm³/mol. The molecular weight excluding hydrogens is 201 g/mol. The second-order valence-electron chi connectivity index (χ2n) is 4.39. The van der Waals surface area contributed by atoms with Gasteiger partial charge in [-0.15, -0.1) is 9.24 Å². The van der Waals surface area contributed by atoms with Crippen molar-refractivity contribution >= 4 is 9.24 Å². The Kier molecular flexibility index (Phi) is 4.17. The summed E-state index contributed by atoms with van der Waals surface area (Å²) in [6.07, 6.45) is 6.90. The maximum atomic E-state index is 3.70. The van der Waals surface area contributed by atoms with Gasteiger partial charge in [0.2, 0.25) is 0 Å². The summed E-state index contributed by atoms with van der Waals surface area (Å²) in [5.41, 5.74) is 1.37. The van der Waals surface area contributed by atoms with Crippen molar-refractivity contribution in [3.05, 3.63) is 35.9 Å². The number of hydrogen-bond donors (Lipinski definition) is 1. The molecule has 2 rings (SSSR count). The Morgan fingerprint density at radius 2 is 1.73 bits per heavy atom. The Morgan fingerprint density at radius 3 is 2.40 bits per heavy atom. The van der Waals surface area contributed by atoms with Crippen molar-refractivity contribution in [3.8, 4) is 0 Å². The number of hydrogen-bond acceptors (Lipinski definition) is 1. The Morgan fingerprint density at radius 1 is 1.07 bits per heavy atom. The molecule has 2 atom stereocenters. The fourth-order valence-electron chi connectivity index (χ4n) is 2.28. The molecule has 0 saturated heterocycles. The van der Waals surface area contributed by atoms with Crippen LogP contribution < -0.4 is 5.32 Å². The fraction of sp³-hybridized carbons (Fsp3) is 0.538. The van der Waals surface area contributed by atoms with Crippen LogP contribution in [0.25, 0.3) is 0 Å². The van der Waals surface area contributed by atoms with E-state index in [-0.39, 0.29) is 0 Å². The second kappa shape index (κ2) is 5.63. The molecule has 1 saturated carbocycles. The van der Waals surface area contributed by atoms with Crippen molar-refractivity contribution in [1.29, 1.82) is 0 Å². The first-order chi connectivity index (χ1) is 7.36. The van der Waals surface area contributed by atoms with Crippen LogP contribution in [0.4, 0.5) is 0 Å². The average molecular weight is 221 g/mol. The number of benzene rings is 1. The van der Waals surface area contributed by atoms with Gasteiger partial charge in [0.15, 0.2) is 0 Å². The molecule has 0 aromatic heterocycles. The lowest BCUT2D eigenvalue weighted by Gasteiger charge is -2.26. The lowest BCUT2D eigenvalue weighted by molar-refractivity contribution is 0.369. The Bertz CT molecular complexity index is 280. The molecule has 0 amide bonds. The summed E-state index contributed by atoms with van der Waals surface area (Å²) in [5, 5.41) is 3.70. The van der Waals surface area contributed by atoms with Crippen molar-refractivity contribution in [2.24, 2.45) is 0 Å². The van der Waals surface area contributed by atoms with Crippen LogP contribution in [0.5, 0.6) is 0 Å². The lowest BCUT2D eigenvalue weighted by Crippen LogP contribution is -2.31. The summed E-state index contributed by atoms with van der Waals surface area (Å²) in [6, 6.07) is 11.4. The van der Waals surface area contributed by atoms with E-state index in [1.54, 1.807) is 0 Å². The third-order valence-electron chi connectivity index (χ3n) is 3.18. The van der Waals surface area contributed by atoms with Gasteiger partial charge in [0, 0.05) is 11.8 Å². The van der Waals surface area contributed by atoms with Gasteiger partial charge in [0.1, 0.15) is 0 Å². The maximum Gasteiger partial charge on any atom is 0.0465 e. The van der Waals surface area contributed by atoms with Gasteiger partial charge < -0.3 is 5.32 Å². The van der Waals surface area contributed by atoms with Crippen LogP contribution in [-0.4, -0.2) is 6.04 Å². The zero-order chi connectivity index (χ0) is 10.5. The summed E-state index contributed by atoms with van der Waals surface area (Å²) >= 11 is 0. The SMILES string of the molecule is PC(NC1CCCCC1)c1ccccc1. The summed E-state index contributed by atoms with van der Waals surface area (Å²) < 4.78 is 0. The van der Waals surface area contributed by atoms with Gasteiger partial charge in [-0.1, -0.05) is 49.6 Å². The average Bonchev–Trinajstić information content (AvgIpc) is 2.31. The Labute approximate surface area is 94.9 Å². The molecule has 1 aliphatic carbocycles. The molecule has 0 aliphatic heterocycles. The molecule has 15 heavy (non-hydrogen) atoms. The second-order valence-corrected chi connectivity index (χ2v) is 5.06. The molecule has 2 unspecified atom stereocenters. The highest BCUT2D eigenvalue weighted by Gasteiger charge is 2.15. The van der Waals surface area contributed by atoms with Crippen molar-refractivity contribution in [3.63, 3.8) is 0 Å². The van der Waals surface area contributed by atoms with E-state index >= 15 is 0 Å². The van der Waals surface area contributed by atoms with E-state index in [4.69, 9.17) is 0 Å². The highest BCUT2D eigenvalue weighted by atomic mass is 31.0. The molecule has 2 heteroatoms. The van der Waals surface area contributed by atoms with Gasteiger partial charge in [0.05, 0.1) is 0 Å². The summed E-state index contributed by atoms with van der Waals surface area (Å²) in [4.78, 5) is 0. The quantitative estimate of drug-likeness (QED) is 0.770. The van der Waals surface area contributed by atoms with E-state index in [0.29, 0.717) is 5.78 Å². The third kappa shape index (κ3) is 3.29. The van der Waals surface area contributed by atoms with E-state index in [9.17, 15) is 0 Å². The van der Waals surface area contributed by atoms with E-state index in [1.165, 1.54) is 37.7 Å². The first-order valence-corrected chi connectivity index (χ1v) is 6.59. The van der Waals surface area contributed by atoms with Crippen molar-refractivity contribution in [1.82, 2.24) is 5.32 Å². The molecule has 1 N–H and O–H groups in total. The minimum Gasteiger partial charge on any atom is -0.304 e. The van der Waals surface area contributed by atoms with Crippen LogP contribution in [0.15, 0.2) is 30.3 Å². The molecule has 0 heterocycles. The Balaban J connectivity index is 1.88. The molecule has 0 spiro atoms. The summed E-state index contributed by atoms with van der Waals surface area (Å²) in [5.74, 6) is 0.411. The molecule has 1 aromatic carbocycles. The minimum atomic E-state index is 0.411. The monoisotopic (exact) mass is 221 g/mol. The molecule has 82 valence electrons. The highest BCUT2D eigenvalue weighted by Crippen LogP contribution is 2.24. The predicted octanol–water partition coefficient (Wildman–Crippen LogP) is 3.48. The standard InChI is InChI=1S/C13H20NP/c15-13(11-7-3-1-4-8-11)14-12-9-5-2-6-10-12/h1,3-4,7-8,12-14H,2,5-6,9-10,15H2.